The molecule has 2 aromatic heterocycles. The highest BCUT2D eigenvalue weighted by Gasteiger charge is 2.09. The van der Waals surface area contributed by atoms with E-state index >= 15 is 0 Å². The zero-order valence-corrected chi connectivity index (χ0v) is 17.3. The van der Waals surface area contributed by atoms with Crippen LogP contribution in [0.15, 0.2) is 11.3 Å². The van der Waals surface area contributed by atoms with Crippen molar-refractivity contribution in [3.63, 3.8) is 0 Å². The molecule has 0 atom stereocenters. The third kappa shape index (κ3) is 4.92. The van der Waals surface area contributed by atoms with Crippen LogP contribution in [0.3, 0.4) is 0 Å². The van der Waals surface area contributed by atoms with Gasteiger partial charge in [-0.05, 0) is 27.7 Å². The third-order valence-corrected chi connectivity index (χ3v) is 3.85. The fourth-order valence-electron chi connectivity index (χ4n) is 2.39. The van der Waals surface area contributed by atoms with Gasteiger partial charge in [0.15, 0.2) is 11.8 Å². The van der Waals surface area contributed by atoms with E-state index in [1.165, 1.54) is 5.56 Å². The number of aliphatic imine (C=N–C) groups is 1. The van der Waals surface area contributed by atoms with Gasteiger partial charge in [0.05, 0.1) is 18.8 Å². The summed E-state index contributed by atoms with van der Waals surface area (Å²) in [6.07, 6.45) is 1.74. The molecule has 0 bridgehead atoms. The molecular formula is C15H27IN8. The van der Waals surface area contributed by atoms with Crippen molar-refractivity contribution < 1.29 is 0 Å². The van der Waals surface area contributed by atoms with Crippen LogP contribution >= 0.6 is 24.0 Å². The summed E-state index contributed by atoms with van der Waals surface area (Å²) in [7, 11) is 1.95. The van der Waals surface area contributed by atoms with Crippen molar-refractivity contribution in [1.82, 2.24) is 35.2 Å². The summed E-state index contributed by atoms with van der Waals surface area (Å²) in [6, 6.07) is 0. The molecule has 0 radical (unpaired) electrons. The van der Waals surface area contributed by atoms with E-state index in [1.54, 1.807) is 6.33 Å². The van der Waals surface area contributed by atoms with Crippen molar-refractivity contribution in [3.05, 3.63) is 29.1 Å². The largest absolute Gasteiger partial charge is 0.357 e. The highest BCUT2D eigenvalue weighted by atomic mass is 127. The van der Waals surface area contributed by atoms with Crippen molar-refractivity contribution >= 4 is 29.9 Å². The molecule has 8 nitrogen and oxygen atoms in total. The molecule has 2 heterocycles. The predicted octanol–water partition coefficient (Wildman–Crippen LogP) is 1.52. The van der Waals surface area contributed by atoms with Crippen molar-refractivity contribution in [2.24, 2.45) is 12.0 Å². The lowest BCUT2D eigenvalue weighted by atomic mass is 10.2. The van der Waals surface area contributed by atoms with Gasteiger partial charge in [-0.1, -0.05) is 0 Å². The number of aryl methyl sites for hydroxylation is 3. The average Bonchev–Trinajstić information content (AvgIpc) is 3.08. The Balaban J connectivity index is 0.00000288. The zero-order valence-electron chi connectivity index (χ0n) is 15.0. The number of nitrogens with one attached hydrogen (secondary N) is 2. The van der Waals surface area contributed by atoms with E-state index in [1.807, 2.05) is 30.1 Å². The first-order valence-electron chi connectivity index (χ1n) is 7.94. The van der Waals surface area contributed by atoms with Crippen molar-refractivity contribution in [2.45, 2.75) is 47.3 Å². The van der Waals surface area contributed by atoms with Crippen LogP contribution in [0.1, 0.15) is 36.6 Å². The Labute approximate surface area is 160 Å². The smallest absolute Gasteiger partial charge is 0.191 e. The topological polar surface area (TPSA) is 84.9 Å². The third-order valence-electron chi connectivity index (χ3n) is 3.85. The molecule has 0 unspecified atom stereocenters. The Kier molecular flexibility index (Phi) is 8.16. The number of halogens is 1. The van der Waals surface area contributed by atoms with Gasteiger partial charge < -0.3 is 15.2 Å². The minimum Gasteiger partial charge on any atom is -0.357 e. The molecule has 0 saturated carbocycles. The summed E-state index contributed by atoms with van der Waals surface area (Å²) in [6.45, 7) is 11.0. The van der Waals surface area contributed by atoms with Crippen LogP contribution < -0.4 is 10.6 Å². The maximum absolute atomic E-state index is 4.66. The fourth-order valence-corrected chi connectivity index (χ4v) is 2.39. The lowest BCUT2D eigenvalue weighted by Gasteiger charge is -2.11. The zero-order chi connectivity index (χ0) is 16.8. The normalized spacial score (nSPS) is 11.3. The molecule has 0 aliphatic rings. The van der Waals surface area contributed by atoms with Crippen molar-refractivity contribution in [1.29, 1.82) is 0 Å². The van der Waals surface area contributed by atoms with Crippen LogP contribution in [0.2, 0.25) is 0 Å². The molecule has 9 heteroatoms. The van der Waals surface area contributed by atoms with Gasteiger partial charge in [-0.25, -0.2) is 4.99 Å². The summed E-state index contributed by atoms with van der Waals surface area (Å²) in [4.78, 5) is 4.66. The van der Waals surface area contributed by atoms with Gasteiger partial charge in [-0.3, -0.25) is 4.68 Å². The molecule has 0 fully saturated rings. The van der Waals surface area contributed by atoms with Crippen LogP contribution in [0.25, 0.3) is 0 Å². The maximum atomic E-state index is 4.66. The maximum Gasteiger partial charge on any atom is 0.191 e. The van der Waals surface area contributed by atoms with E-state index < -0.39 is 0 Å². The van der Waals surface area contributed by atoms with Crippen LogP contribution in [-0.4, -0.2) is 37.0 Å². The van der Waals surface area contributed by atoms with E-state index in [0.717, 1.165) is 36.3 Å². The first-order chi connectivity index (χ1) is 11.1. The lowest BCUT2D eigenvalue weighted by Crippen LogP contribution is -2.37. The first kappa shape index (κ1) is 20.4. The van der Waals surface area contributed by atoms with Gasteiger partial charge in [-0.2, -0.15) is 5.10 Å². The second-order valence-electron chi connectivity index (χ2n) is 5.35. The summed E-state index contributed by atoms with van der Waals surface area (Å²) in [5, 5.41) is 19.0. The molecule has 24 heavy (non-hydrogen) atoms. The molecular weight excluding hydrogens is 419 g/mol. The van der Waals surface area contributed by atoms with Crippen LogP contribution in [0, 0.1) is 13.8 Å². The molecule has 0 aromatic carbocycles. The minimum absolute atomic E-state index is 0. The monoisotopic (exact) mass is 446 g/mol. The SMILES string of the molecule is CCNC(=NCc1c(C)nn(C)c1C)NCc1nncn1CC.I. The van der Waals surface area contributed by atoms with E-state index in [4.69, 9.17) is 0 Å². The highest BCUT2D eigenvalue weighted by molar-refractivity contribution is 14.0. The Morgan fingerprint density at radius 1 is 1.25 bits per heavy atom. The van der Waals surface area contributed by atoms with Gasteiger partial charge in [0.2, 0.25) is 0 Å². The van der Waals surface area contributed by atoms with E-state index in [0.29, 0.717) is 13.1 Å². The molecule has 0 saturated heterocycles. The Morgan fingerprint density at radius 2 is 2.00 bits per heavy atom. The molecule has 2 aromatic rings. The van der Waals surface area contributed by atoms with Gasteiger partial charge in [0, 0.05) is 31.4 Å². The summed E-state index contributed by atoms with van der Waals surface area (Å²) >= 11 is 0. The number of rotatable bonds is 6. The minimum atomic E-state index is 0. The quantitative estimate of drug-likeness (QED) is 0.400. The summed E-state index contributed by atoms with van der Waals surface area (Å²) in [5.41, 5.74) is 3.34. The standard InChI is InChI=1S/C15H26N8.HI/c1-6-16-15(18-9-14-20-19-10-23(14)7-2)17-8-13-11(3)21-22(5)12(13)4;/h10H,6-9H2,1-5H3,(H2,16,17,18);1H. The van der Waals surface area contributed by atoms with Gasteiger partial charge in [0.1, 0.15) is 6.33 Å². The molecule has 0 aliphatic heterocycles. The fraction of sp³-hybridized carbons (Fsp3) is 0.600. The van der Waals surface area contributed by atoms with E-state index in [9.17, 15) is 0 Å². The lowest BCUT2D eigenvalue weighted by molar-refractivity contribution is 0.670. The first-order valence-corrected chi connectivity index (χ1v) is 7.94. The molecule has 134 valence electrons. The number of hydrogen-bond acceptors (Lipinski definition) is 4. The summed E-state index contributed by atoms with van der Waals surface area (Å²) < 4.78 is 3.90. The molecule has 0 spiro atoms. The van der Waals surface area contributed by atoms with Gasteiger partial charge >= 0.3 is 0 Å². The number of aromatic nitrogens is 5. The summed E-state index contributed by atoms with van der Waals surface area (Å²) in [5.74, 6) is 1.66. The Morgan fingerprint density at radius 3 is 2.58 bits per heavy atom. The number of guanidine groups is 1. The Bertz CT molecular complexity index is 673. The van der Waals surface area contributed by atoms with Crippen molar-refractivity contribution in [2.75, 3.05) is 6.54 Å². The highest BCUT2D eigenvalue weighted by Crippen LogP contribution is 2.12. The van der Waals surface area contributed by atoms with Gasteiger partial charge in [-0.15, -0.1) is 34.2 Å². The van der Waals surface area contributed by atoms with Gasteiger partial charge in [0.25, 0.3) is 0 Å². The van der Waals surface area contributed by atoms with Crippen LogP contribution in [0.5, 0.6) is 0 Å². The Hall–Kier alpha value is -1.65. The second kappa shape index (κ2) is 9.60. The van der Waals surface area contributed by atoms with E-state index in [2.05, 4.69) is 44.8 Å². The molecule has 0 amide bonds. The predicted molar refractivity (Wildman–Crippen MR) is 105 cm³/mol. The molecule has 0 aliphatic carbocycles. The van der Waals surface area contributed by atoms with E-state index in [-0.39, 0.29) is 24.0 Å². The average molecular weight is 446 g/mol. The molecule has 2 rings (SSSR count). The van der Waals surface area contributed by atoms with Crippen LogP contribution in [-0.2, 0) is 26.7 Å². The number of nitrogens with zero attached hydrogens (tertiary/aromatic N) is 6. The molecule has 2 N–H and O–H groups in total. The second-order valence-corrected chi connectivity index (χ2v) is 5.35. The number of hydrogen-bond donors (Lipinski definition) is 2. The van der Waals surface area contributed by atoms with Crippen molar-refractivity contribution in [3.8, 4) is 0 Å². The van der Waals surface area contributed by atoms with Crippen LogP contribution in [0.4, 0.5) is 0 Å².